The van der Waals surface area contributed by atoms with Gasteiger partial charge in [0.25, 0.3) is 0 Å². The number of hydrogen-bond acceptors (Lipinski definition) is 1. The zero-order valence-corrected chi connectivity index (χ0v) is 15.4. The first kappa shape index (κ1) is 17.9. The zero-order chi connectivity index (χ0) is 18.4. The van der Waals surface area contributed by atoms with Crippen molar-refractivity contribution in [3.8, 4) is 11.1 Å². The highest BCUT2D eigenvalue weighted by Gasteiger charge is 2.08. The molecule has 1 N–H and O–H groups in total. The van der Waals surface area contributed by atoms with Crippen LogP contribution in [0.15, 0.2) is 78.9 Å². The lowest BCUT2D eigenvalue weighted by atomic mass is 10.00. The molecule has 0 aromatic heterocycles. The number of carbonyl (C=O) groups is 1. The molecular formula is C24H25NO. The molecule has 1 amide bonds. The normalized spacial score (nSPS) is 10.7. The van der Waals surface area contributed by atoms with Crippen molar-refractivity contribution in [3.63, 3.8) is 0 Å². The Labute approximate surface area is 155 Å². The van der Waals surface area contributed by atoms with Crippen molar-refractivity contribution in [2.75, 3.05) is 5.32 Å². The van der Waals surface area contributed by atoms with E-state index in [-0.39, 0.29) is 5.91 Å². The third-order valence-electron chi connectivity index (χ3n) is 4.57. The Morgan fingerprint density at radius 3 is 2.19 bits per heavy atom. The van der Waals surface area contributed by atoms with Crippen molar-refractivity contribution >= 4 is 11.6 Å². The quantitative estimate of drug-likeness (QED) is 0.580. The summed E-state index contributed by atoms with van der Waals surface area (Å²) in [5.41, 5.74) is 5.53. The first-order valence-corrected chi connectivity index (χ1v) is 9.16. The van der Waals surface area contributed by atoms with E-state index in [1.165, 1.54) is 11.1 Å². The third-order valence-corrected chi connectivity index (χ3v) is 4.57. The molecule has 0 unspecified atom stereocenters. The highest BCUT2D eigenvalue weighted by Crippen LogP contribution is 2.27. The first-order valence-electron chi connectivity index (χ1n) is 9.16. The van der Waals surface area contributed by atoms with Gasteiger partial charge in [-0.05, 0) is 35.1 Å². The average molecular weight is 343 g/mol. The predicted octanol–water partition coefficient (Wildman–Crippen LogP) is 6.05. The second-order valence-electron chi connectivity index (χ2n) is 6.86. The molecule has 0 saturated carbocycles. The van der Waals surface area contributed by atoms with E-state index in [0.29, 0.717) is 12.3 Å². The summed E-state index contributed by atoms with van der Waals surface area (Å²) in [6.45, 7) is 4.37. The van der Waals surface area contributed by atoms with Gasteiger partial charge >= 0.3 is 0 Å². The molecule has 3 rings (SSSR count). The molecule has 0 aliphatic carbocycles. The maximum atomic E-state index is 12.4. The SMILES string of the molecule is CC(C)c1ccc(CCC(=O)Nc2ccccc2-c2ccccc2)cc1. The van der Waals surface area contributed by atoms with E-state index in [1.807, 2.05) is 42.5 Å². The fraction of sp³-hybridized carbons (Fsp3) is 0.208. The Kier molecular flexibility index (Phi) is 5.85. The van der Waals surface area contributed by atoms with E-state index in [4.69, 9.17) is 0 Å². The number of hydrogen-bond donors (Lipinski definition) is 1. The molecule has 3 aromatic carbocycles. The van der Waals surface area contributed by atoms with Crippen LogP contribution in [0.4, 0.5) is 5.69 Å². The van der Waals surface area contributed by atoms with E-state index in [9.17, 15) is 4.79 Å². The number of para-hydroxylation sites is 1. The molecule has 0 atom stereocenters. The third kappa shape index (κ3) is 4.60. The van der Waals surface area contributed by atoms with E-state index >= 15 is 0 Å². The van der Waals surface area contributed by atoms with Crippen LogP contribution >= 0.6 is 0 Å². The summed E-state index contributed by atoms with van der Waals surface area (Å²) >= 11 is 0. The van der Waals surface area contributed by atoms with Crippen LogP contribution in [0.2, 0.25) is 0 Å². The fourth-order valence-corrected chi connectivity index (χ4v) is 3.00. The second kappa shape index (κ2) is 8.48. The van der Waals surface area contributed by atoms with Crippen molar-refractivity contribution in [2.24, 2.45) is 0 Å². The number of amides is 1. The molecule has 0 radical (unpaired) electrons. The Hall–Kier alpha value is -2.87. The van der Waals surface area contributed by atoms with Crippen LogP contribution in [0, 0.1) is 0 Å². The summed E-state index contributed by atoms with van der Waals surface area (Å²) < 4.78 is 0. The number of nitrogens with one attached hydrogen (secondary N) is 1. The summed E-state index contributed by atoms with van der Waals surface area (Å²) in [4.78, 5) is 12.4. The maximum absolute atomic E-state index is 12.4. The molecule has 3 aromatic rings. The molecular weight excluding hydrogens is 318 g/mol. The van der Waals surface area contributed by atoms with E-state index in [2.05, 4.69) is 55.6 Å². The lowest BCUT2D eigenvalue weighted by Crippen LogP contribution is -2.13. The van der Waals surface area contributed by atoms with Crippen LogP contribution in [0.3, 0.4) is 0 Å². The van der Waals surface area contributed by atoms with Gasteiger partial charge in [0.15, 0.2) is 0 Å². The van der Waals surface area contributed by atoms with Crippen molar-refractivity contribution in [1.82, 2.24) is 0 Å². The first-order chi connectivity index (χ1) is 12.6. The number of aryl methyl sites for hydroxylation is 1. The molecule has 0 aliphatic heterocycles. The fourth-order valence-electron chi connectivity index (χ4n) is 3.00. The van der Waals surface area contributed by atoms with Crippen LogP contribution < -0.4 is 5.32 Å². The van der Waals surface area contributed by atoms with Crippen molar-refractivity contribution in [1.29, 1.82) is 0 Å². The molecule has 132 valence electrons. The molecule has 0 spiro atoms. The van der Waals surface area contributed by atoms with Gasteiger partial charge in [-0.15, -0.1) is 0 Å². The van der Waals surface area contributed by atoms with Gasteiger partial charge in [0, 0.05) is 17.7 Å². The van der Waals surface area contributed by atoms with Crippen molar-refractivity contribution < 1.29 is 4.79 Å². The summed E-state index contributed by atoms with van der Waals surface area (Å²) in [6.07, 6.45) is 1.22. The van der Waals surface area contributed by atoms with E-state index in [0.717, 1.165) is 23.2 Å². The molecule has 2 heteroatoms. The summed E-state index contributed by atoms with van der Waals surface area (Å²) in [7, 11) is 0. The maximum Gasteiger partial charge on any atom is 0.224 e. The standard InChI is InChI=1S/C24H25NO/c1-18(2)20-15-12-19(13-16-20)14-17-24(26)25-23-11-7-6-10-22(23)21-8-4-3-5-9-21/h3-13,15-16,18H,14,17H2,1-2H3,(H,25,26). The van der Waals surface area contributed by atoms with Crippen LogP contribution in [0.25, 0.3) is 11.1 Å². The Bertz CT molecular complexity index is 851. The Morgan fingerprint density at radius 2 is 1.50 bits per heavy atom. The minimum absolute atomic E-state index is 0.0429. The van der Waals surface area contributed by atoms with Gasteiger partial charge in [0.2, 0.25) is 5.91 Å². The monoisotopic (exact) mass is 343 g/mol. The van der Waals surface area contributed by atoms with Gasteiger partial charge in [0.1, 0.15) is 0 Å². The predicted molar refractivity (Wildman–Crippen MR) is 109 cm³/mol. The topological polar surface area (TPSA) is 29.1 Å². The molecule has 2 nitrogen and oxygen atoms in total. The smallest absolute Gasteiger partial charge is 0.224 e. The lowest BCUT2D eigenvalue weighted by molar-refractivity contribution is -0.116. The van der Waals surface area contributed by atoms with Crippen LogP contribution in [0.1, 0.15) is 37.3 Å². The second-order valence-corrected chi connectivity index (χ2v) is 6.86. The number of anilines is 1. The molecule has 26 heavy (non-hydrogen) atoms. The van der Waals surface area contributed by atoms with Crippen molar-refractivity contribution in [2.45, 2.75) is 32.6 Å². The van der Waals surface area contributed by atoms with Crippen molar-refractivity contribution in [3.05, 3.63) is 90.0 Å². The Morgan fingerprint density at radius 1 is 0.846 bits per heavy atom. The van der Waals surface area contributed by atoms with Gasteiger partial charge in [-0.1, -0.05) is 86.6 Å². The number of rotatable bonds is 6. The summed E-state index contributed by atoms with van der Waals surface area (Å²) in [5.74, 6) is 0.572. The van der Waals surface area contributed by atoms with E-state index in [1.54, 1.807) is 0 Å². The van der Waals surface area contributed by atoms with Gasteiger partial charge in [-0.2, -0.15) is 0 Å². The average Bonchev–Trinajstić information content (AvgIpc) is 2.68. The Balaban J connectivity index is 1.64. The minimum Gasteiger partial charge on any atom is -0.326 e. The minimum atomic E-state index is 0.0429. The van der Waals surface area contributed by atoms with Crippen LogP contribution in [-0.2, 0) is 11.2 Å². The lowest BCUT2D eigenvalue weighted by Gasteiger charge is -2.11. The number of benzene rings is 3. The van der Waals surface area contributed by atoms with Gasteiger partial charge in [-0.3, -0.25) is 4.79 Å². The molecule has 0 heterocycles. The molecule has 0 bridgehead atoms. The highest BCUT2D eigenvalue weighted by atomic mass is 16.1. The van der Waals surface area contributed by atoms with E-state index < -0.39 is 0 Å². The zero-order valence-electron chi connectivity index (χ0n) is 15.4. The summed E-state index contributed by atoms with van der Waals surface area (Å²) in [5, 5.41) is 3.07. The molecule has 0 aliphatic rings. The highest BCUT2D eigenvalue weighted by molar-refractivity contribution is 5.95. The van der Waals surface area contributed by atoms with Crippen LogP contribution in [0.5, 0.6) is 0 Å². The van der Waals surface area contributed by atoms with Gasteiger partial charge < -0.3 is 5.32 Å². The molecule has 0 fully saturated rings. The van der Waals surface area contributed by atoms with Crippen LogP contribution in [-0.4, -0.2) is 5.91 Å². The largest absolute Gasteiger partial charge is 0.326 e. The van der Waals surface area contributed by atoms with Gasteiger partial charge in [-0.25, -0.2) is 0 Å². The number of carbonyl (C=O) groups excluding carboxylic acids is 1. The summed E-state index contributed by atoms with van der Waals surface area (Å²) in [6, 6.07) is 26.6. The van der Waals surface area contributed by atoms with Gasteiger partial charge in [0.05, 0.1) is 0 Å². The molecule has 0 saturated heterocycles.